The van der Waals surface area contributed by atoms with Gasteiger partial charge < -0.3 is 4.74 Å². The summed E-state index contributed by atoms with van der Waals surface area (Å²) in [4.78, 5) is 9.95. The van der Waals surface area contributed by atoms with Crippen molar-refractivity contribution in [3.05, 3.63) is 144 Å². The molecule has 0 unspecified atom stereocenters. The molecule has 0 saturated carbocycles. The third kappa shape index (κ3) is 3.43. The van der Waals surface area contributed by atoms with E-state index in [4.69, 9.17) is 14.7 Å². The second-order valence-electron chi connectivity index (χ2n) is 11.9. The molecule has 0 bridgehead atoms. The highest BCUT2D eigenvalue weighted by Crippen LogP contribution is 2.41. The molecule has 0 amide bonds. The highest BCUT2D eigenvalue weighted by Gasteiger charge is 2.23. The Morgan fingerprint density at radius 1 is 0.622 bits per heavy atom. The minimum Gasteiger partial charge on any atom is -0.457 e. The van der Waals surface area contributed by atoms with Gasteiger partial charge in [0, 0.05) is 45.8 Å². The normalized spacial score (nSPS) is 12.5. The van der Waals surface area contributed by atoms with E-state index in [9.17, 15) is 0 Å². The van der Waals surface area contributed by atoms with Gasteiger partial charge in [0.1, 0.15) is 22.8 Å². The monoisotopic (exact) mass is 578 g/mol. The summed E-state index contributed by atoms with van der Waals surface area (Å²) in [5.74, 6) is 1.57. The molecule has 0 fully saturated rings. The van der Waals surface area contributed by atoms with Crippen molar-refractivity contribution >= 4 is 49.3 Å². The largest absolute Gasteiger partial charge is 0.457 e. The number of benzene rings is 5. The van der Waals surface area contributed by atoms with Crippen LogP contribution >= 0.6 is 0 Å². The molecule has 0 N–H and O–H groups in total. The second-order valence-corrected chi connectivity index (χ2v) is 11.9. The van der Waals surface area contributed by atoms with Crippen LogP contribution in [0.2, 0.25) is 0 Å². The van der Waals surface area contributed by atoms with Crippen molar-refractivity contribution in [1.82, 2.24) is 18.9 Å². The molecule has 5 nitrogen and oxygen atoms in total. The first-order valence-corrected chi connectivity index (χ1v) is 15.3. The molecule has 4 aromatic heterocycles. The summed E-state index contributed by atoms with van der Waals surface area (Å²) in [6, 6.07) is 42.7. The minimum atomic E-state index is 0.776. The van der Waals surface area contributed by atoms with Gasteiger partial charge in [-0.1, -0.05) is 72.8 Å². The molecule has 0 spiro atoms. The van der Waals surface area contributed by atoms with Crippen molar-refractivity contribution < 1.29 is 4.74 Å². The molecular weight excluding hydrogens is 552 g/mol. The second kappa shape index (κ2) is 9.04. The molecule has 1 aliphatic rings. The maximum atomic E-state index is 6.64. The predicted octanol–water partition coefficient (Wildman–Crippen LogP) is 9.80. The van der Waals surface area contributed by atoms with E-state index >= 15 is 0 Å². The van der Waals surface area contributed by atoms with E-state index in [0.29, 0.717) is 0 Å². The summed E-state index contributed by atoms with van der Waals surface area (Å²) < 4.78 is 11.2. The smallest absolute Gasteiger partial charge is 0.146 e. The van der Waals surface area contributed by atoms with Crippen molar-refractivity contribution in [2.24, 2.45) is 0 Å². The fraction of sp³-hybridized carbons (Fsp3) is 0.0500. The van der Waals surface area contributed by atoms with Crippen LogP contribution in [-0.4, -0.2) is 18.9 Å². The third-order valence-electron chi connectivity index (χ3n) is 9.31. The number of rotatable bonds is 3. The van der Waals surface area contributed by atoms with Gasteiger partial charge in [-0.25, -0.2) is 9.97 Å². The molecule has 45 heavy (non-hydrogen) atoms. The first kappa shape index (κ1) is 24.5. The first-order valence-electron chi connectivity index (χ1n) is 15.3. The van der Waals surface area contributed by atoms with Gasteiger partial charge in [-0.2, -0.15) is 0 Å². The molecule has 0 aliphatic carbocycles. The Balaban J connectivity index is 1.15. The molecule has 1 aliphatic heterocycles. The number of hydrogen-bond donors (Lipinski definition) is 0. The SMILES string of the molecule is Cc1nc2c3cc(Oc4ccc5c(c4)-n4c6ncccc6c6cccc(c64)C5)ccc3c3ccccc3n2c1-c1ccccc1. The van der Waals surface area contributed by atoms with Gasteiger partial charge in [-0.05, 0) is 65.9 Å². The quantitative estimate of drug-likeness (QED) is 0.196. The Morgan fingerprint density at radius 2 is 1.42 bits per heavy atom. The van der Waals surface area contributed by atoms with E-state index in [1.165, 1.54) is 32.8 Å². The van der Waals surface area contributed by atoms with Gasteiger partial charge in [0.15, 0.2) is 0 Å². The summed E-state index contributed by atoms with van der Waals surface area (Å²) in [6.45, 7) is 2.10. The van der Waals surface area contributed by atoms with Crippen molar-refractivity contribution in [3.8, 4) is 28.4 Å². The number of imidazole rings is 1. The van der Waals surface area contributed by atoms with Gasteiger partial charge in [0.05, 0.1) is 28.1 Å². The Bertz CT molecular complexity index is 2660. The Labute approximate surface area is 258 Å². The number of fused-ring (bicyclic) bond motifs is 11. The van der Waals surface area contributed by atoms with Gasteiger partial charge in [-0.15, -0.1) is 0 Å². The summed E-state index contributed by atoms with van der Waals surface area (Å²) in [5, 5.41) is 5.81. The average molecular weight is 579 g/mol. The average Bonchev–Trinajstić information content (AvgIpc) is 3.62. The van der Waals surface area contributed by atoms with Crippen LogP contribution in [0.1, 0.15) is 16.8 Å². The molecule has 0 saturated heterocycles. The number of para-hydroxylation sites is 2. The van der Waals surface area contributed by atoms with Crippen LogP contribution in [0.25, 0.3) is 66.2 Å². The summed E-state index contributed by atoms with van der Waals surface area (Å²) in [7, 11) is 0. The topological polar surface area (TPSA) is 44.3 Å². The molecular formula is C40H26N4O. The molecule has 5 aromatic carbocycles. The van der Waals surface area contributed by atoms with E-state index in [-0.39, 0.29) is 0 Å². The lowest BCUT2D eigenvalue weighted by molar-refractivity contribution is 0.483. The molecule has 5 heteroatoms. The number of aromatic nitrogens is 4. The minimum absolute atomic E-state index is 0.776. The van der Waals surface area contributed by atoms with E-state index in [1.54, 1.807) is 0 Å². The van der Waals surface area contributed by atoms with E-state index < -0.39 is 0 Å². The molecule has 5 heterocycles. The van der Waals surface area contributed by atoms with Crippen LogP contribution < -0.4 is 4.74 Å². The standard InChI is InChI=1S/C40H26N4O/c1-24-37(25-9-3-2-4-10-25)43-35-15-6-5-12-31(35)30-19-18-28(22-34(30)40(43)42-24)45-29-17-16-26-21-27-11-7-13-32-33-14-8-20-41-39(33)44(38(27)32)36(26)23-29/h2-20,22-23H,21H2,1H3. The van der Waals surface area contributed by atoms with Crippen LogP contribution in [0.15, 0.2) is 128 Å². The molecule has 212 valence electrons. The summed E-state index contributed by atoms with van der Waals surface area (Å²) >= 11 is 0. The lowest BCUT2D eigenvalue weighted by atomic mass is 9.97. The zero-order chi connectivity index (χ0) is 29.6. The van der Waals surface area contributed by atoms with Crippen molar-refractivity contribution in [2.45, 2.75) is 13.3 Å². The van der Waals surface area contributed by atoms with E-state index in [1.807, 2.05) is 12.3 Å². The number of ether oxygens (including phenoxy) is 1. The lowest BCUT2D eigenvalue weighted by Crippen LogP contribution is -2.08. The van der Waals surface area contributed by atoms with Gasteiger partial charge in [-0.3, -0.25) is 8.97 Å². The summed E-state index contributed by atoms with van der Waals surface area (Å²) in [6.07, 6.45) is 2.76. The molecule has 0 atom stereocenters. The first-order chi connectivity index (χ1) is 22.2. The van der Waals surface area contributed by atoms with Crippen LogP contribution in [0.5, 0.6) is 11.5 Å². The highest BCUT2D eigenvalue weighted by molar-refractivity contribution is 6.13. The highest BCUT2D eigenvalue weighted by atomic mass is 16.5. The van der Waals surface area contributed by atoms with Crippen molar-refractivity contribution in [3.63, 3.8) is 0 Å². The maximum Gasteiger partial charge on any atom is 0.146 e. The van der Waals surface area contributed by atoms with Crippen LogP contribution in [0.4, 0.5) is 0 Å². The Hall–Kier alpha value is -5.94. The van der Waals surface area contributed by atoms with Crippen molar-refractivity contribution in [1.29, 1.82) is 0 Å². The Kier molecular flexibility index (Phi) is 4.92. The molecule has 10 rings (SSSR count). The zero-order valence-electron chi connectivity index (χ0n) is 24.5. The van der Waals surface area contributed by atoms with Crippen LogP contribution in [0.3, 0.4) is 0 Å². The fourth-order valence-corrected chi connectivity index (χ4v) is 7.43. The maximum absolute atomic E-state index is 6.64. The van der Waals surface area contributed by atoms with Crippen LogP contribution in [0, 0.1) is 6.92 Å². The fourth-order valence-electron chi connectivity index (χ4n) is 7.43. The van der Waals surface area contributed by atoms with Crippen molar-refractivity contribution in [2.75, 3.05) is 0 Å². The Morgan fingerprint density at radius 3 is 2.36 bits per heavy atom. The van der Waals surface area contributed by atoms with Gasteiger partial charge in [0.2, 0.25) is 0 Å². The molecule has 9 aromatic rings. The lowest BCUT2D eigenvalue weighted by Gasteiger charge is -2.21. The molecule has 0 radical (unpaired) electrons. The van der Waals surface area contributed by atoms with Gasteiger partial charge in [0.25, 0.3) is 0 Å². The zero-order valence-corrected chi connectivity index (χ0v) is 24.5. The summed E-state index contributed by atoms with van der Waals surface area (Å²) in [5.41, 5.74) is 11.2. The van der Waals surface area contributed by atoms with E-state index in [0.717, 1.165) is 68.1 Å². The number of pyridine rings is 2. The third-order valence-corrected chi connectivity index (χ3v) is 9.31. The predicted molar refractivity (Wildman–Crippen MR) is 182 cm³/mol. The van der Waals surface area contributed by atoms with Crippen LogP contribution in [-0.2, 0) is 6.42 Å². The number of hydrogen-bond acceptors (Lipinski definition) is 3. The number of nitrogens with zero attached hydrogens (tertiary/aromatic N) is 4. The number of aryl methyl sites for hydroxylation is 1. The van der Waals surface area contributed by atoms with E-state index in [2.05, 4.69) is 131 Å². The van der Waals surface area contributed by atoms with Gasteiger partial charge >= 0.3 is 0 Å².